The molecule has 0 N–H and O–H groups in total. The van der Waals surface area contributed by atoms with Crippen molar-refractivity contribution in [2.45, 2.75) is 19.4 Å². The molecule has 0 aromatic heterocycles. The van der Waals surface area contributed by atoms with Crippen molar-refractivity contribution in [3.05, 3.63) is 75.8 Å². The van der Waals surface area contributed by atoms with Gasteiger partial charge in [0.25, 0.3) is 17.7 Å². The number of benzene rings is 2. The summed E-state index contributed by atoms with van der Waals surface area (Å²) >= 11 is 12.1. The summed E-state index contributed by atoms with van der Waals surface area (Å²) in [6, 6.07) is 9.53. The Labute approximate surface area is 212 Å². The predicted molar refractivity (Wildman–Crippen MR) is 129 cm³/mol. The Balaban J connectivity index is 1.54. The largest absolute Gasteiger partial charge is 0.497 e. The number of carbonyl (C=O) groups excluding carboxylic acids is 4. The van der Waals surface area contributed by atoms with E-state index in [1.165, 1.54) is 32.2 Å². The van der Waals surface area contributed by atoms with Gasteiger partial charge in [0.1, 0.15) is 11.8 Å². The van der Waals surface area contributed by atoms with E-state index in [4.69, 9.17) is 27.9 Å². The summed E-state index contributed by atoms with van der Waals surface area (Å²) in [6.45, 7) is 1.50. The zero-order valence-electron chi connectivity index (χ0n) is 19.0. The molecule has 1 saturated heterocycles. The van der Waals surface area contributed by atoms with Gasteiger partial charge in [-0.2, -0.15) is 5.01 Å². The van der Waals surface area contributed by atoms with Crippen LogP contribution in [0.25, 0.3) is 0 Å². The Morgan fingerprint density at radius 2 is 1.51 bits per heavy atom. The van der Waals surface area contributed by atoms with Crippen molar-refractivity contribution in [1.29, 1.82) is 0 Å². The maximum absolute atomic E-state index is 13.8. The molecule has 2 aliphatic carbocycles. The van der Waals surface area contributed by atoms with Gasteiger partial charge in [-0.1, -0.05) is 35.4 Å². The Morgan fingerprint density at radius 1 is 0.943 bits per heavy atom. The van der Waals surface area contributed by atoms with E-state index < -0.39 is 41.4 Å². The van der Waals surface area contributed by atoms with Gasteiger partial charge in [-0.15, -0.1) is 0 Å². The first kappa shape index (κ1) is 23.6. The second-order valence-electron chi connectivity index (χ2n) is 9.04. The van der Waals surface area contributed by atoms with Gasteiger partial charge in [-0.25, -0.2) is 5.01 Å². The first-order chi connectivity index (χ1) is 16.7. The van der Waals surface area contributed by atoms with Gasteiger partial charge in [-0.3, -0.25) is 19.2 Å². The van der Waals surface area contributed by atoms with E-state index in [0.717, 1.165) is 16.4 Å². The average Bonchev–Trinajstić information content (AvgIpc) is 3.55. The highest BCUT2D eigenvalue weighted by Crippen LogP contribution is 2.53. The molecule has 2 aromatic rings. The van der Waals surface area contributed by atoms with E-state index in [1.807, 2.05) is 12.2 Å². The third-order valence-corrected chi connectivity index (χ3v) is 7.90. The van der Waals surface area contributed by atoms with Crippen LogP contribution < -0.4 is 4.74 Å². The molecule has 2 bridgehead atoms. The minimum atomic E-state index is -1.15. The summed E-state index contributed by atoms with van der Waals surface area (Å²) in [5.41, 5.74) is 0.416. The molecule has 3 aliphatic rings. The fourth-order valence-electron chi connectivity index (χ4n) is 5.41. The lowest BCUT2D eigenvalue weighted by Crippen LogP contribution is -2.56. The molecular weight excluding hydrogens is 491 g/mol. The van der Waals surface area contributed by atoms with Crippen LogP contribution in [0.5, 0.6) is 5.75 Å². The first-order valence-electron chi connectivity index (χ1n) is 11.3. The highest BCUT2D eigenvalue weighted by atomic mass is 35.5. The van der Waals surface area contributed by atoms with E-state index in [9.17, 15) is 19.2 Å². The topological polar surface area (TPSA) is 84.0 Å². The molecule has 2 fully saturated rings. The van der Waals surface area contributed by atoms with E-state index in [-0.39, 0.29) is 27.4 Å². The second-order valence-corrected chi connectivity index (χ2v) is 9.85. The quantitative estimate of drug-likeness (QED) is 0.324. The smallest absolute Gasteiger partial charge is 0.273 e. The second kappa shape index (κ2) is 8.81. The Kier molecular flexibility index (Phi) is 5.93. The number of nitrogens with zero attached hydrogens (tertiary/aromatic N) is 2. The van der Waals surface area contributed by atoms with Crippen LogP contribution >= 0.6 is 23.2 Å². The SMILES string of the molecule is COc1ccc(C(=O)[C@H](C)N(C(=O)c2ccc(Cl)c(Cl)c2)N2C(=O)[C@@H]3[C@@H](C2=O)[C@H]2C=C[C@H]3C2)cc1. The number of Topliss-reactive ketones (excluding diaryl/α,β-unsaturated/α-hetero) is 1. The lowest BCUT2D eigenvalue weighted by molar-refractivity contribution is -0.157. The van der Waals surface area contributed by atoms with Gasteiger partial charge >= 0.3 is 0 Å². The summed E-state index contributed by atoms with van der Waals surface area (Å²) < 4.78 is 5.15. The highest BCUT2D eigenvalue weighted by Gasteiger charge is 2.61. The molecule has 2 aromatic carbocycles. The van der Waals surface area contributed by atoms with Crippen LogP contribution in [0.15, 0.2) is 54.6 Å². The summed E-state index contributed by atoms with van der Waals surface area (Å²) in [4.78, 5) is 54.3. The van der Waals surface area contributed by atoms with E-state index in [1.54, 1.807) is 24.3 Å². The summed E-state index contributed by atoms with van der Waals surface area (Å²) in [5, 5.41) is 2.26. The van der Waals surface area contributed by atoms with Crippen LogP contribution in [0.4, 0.5) is 0 Å². The number of fused-ring (bicyclic) bond motifs is 5. The van der Waals surface area contributed by atoms with Crippen LogP contribution in [-0.2, 0) is 9.59 Å². The van der Waals surface area contributed by atoms with Crippen molar-refractivity contribution in [3.8, 4) is 5.75 Å². The van der Waals surface area contributed by atoms with Gasteiger partial charge in [0, 0.05) is 11.1 Å². The molecular formula is C26H22Cl2N2O5. The Morgan fingerprint density at radius 3 is 2.06 bits per heavy atom. The molecule has 7 nitrogen and oxygen atoms in total. The van der Waals surface area contributed by atoms with E-state index in [2.05, 4.69) is 0 Å². The number of ether oxygens (including phenoxy) is 1. The molecule has 35 heavy (non-hydrogen) atoms. The molecule has 1 saturated carbocycles. The number of hydrogen-bond donors (Lipinski definition) is 0. The van der Waals surface area contributed by atoms with Crippen LogP contribution in [0.2, 0.25) is 10.0 Å². The zero-order chi connectivity index (χ0) is 25.0. The van der Waals surface area contributed by atoms with Crippen molar-refractivity contribution in [2.75, 3.05) is 7.11 Å². The number of halogens is 2. The van der Waals surface area contributed by atoms with Crippen molar-refractivity contribution in [2.24, 2.45) is 23.7 Å². The summed E-state index contributed by atoms with van der Waals surface area (Å²) in [7, 11) is 1.51. The van der Waals surface area contributed by atoms with Crippen molar-refractivity contribution < 1.29 is 23.9 Å². The minimum Gasteiger partial charge on any atom is -0.497 e. The lowest BCUT2D eigenvalue weighted by atomic mass is 9.85. The average molecular weight is 513 g/mol. The molecule has 3 amide bonds. The number of imide groups is 1. The van der Waals surface area contributed by atoms with Crippen LogP contribution in [0, 0.1) is 23.7 Å². The zero-order valence-corrected chi connectivity index (χ0v) is 20.5. The van der Waals surface area contributed by atoms with E-state index >= 15 is 0 Å². The Bertz CT molecular complexity index is 1250. The third kappa shape index (κ3) is 3.74. The number of hydrogen-bond acceptors (Lipinski definition) is 5. The maximum Gasteiger partial charge on any atom is 0.273 e. The van der Waals surface area contributed by atoms with Crippen LogP contribution in [0.1, 0.15) is 34.1 Å². The lowest BCUT2D eigenvalue weighted by Gasteiger charge is -2.35. The maximum atomic E-state index is 13.8. The number of methoxy groups -OCH3 is 1. The number of carbonyl (C=O) groups is 4. The van der Waals surface area contributed by atoms with Gasteiger partial charge in [0.15, 0.2) is 5.78 Å². The van der Waals surface area contributed by atoms with Crippen molar-refractivity contribution in [3.63, 3.8) is 0 Å². The fourth-order valence-corrected chi connectivity index (χ4v) is 5.71. The monoisotopic (exact) mass is 512 g/mol. The van der Waals surface area contributed by atoms with E-state index in [0.29, 0.717) is 11.3 Å². The normalized spacial score (nSPS) is 25.1. The summed E-state index contributed by atoms with van der Waals surface area (Å²) in [5.74, 6) is -2.60. The molecule has 1 aliphatic heterocycles. The van der Waals surface area contributed by atoms with Crippen molar-refractivity contribution >= 4 is 46.7 Å². The summed E-state index contributed by atoms with van der Waals surface area (Å²) in [6.07, 6.45) is 4.69. The number of ketones is 1. The molecule has 180 valence electrons. The molecule has 1 heterocycles. The van der Waals surface area contributed by atoms with Gasteiger partial charge in [-0.05, 0) is 67.6 Å². The van der Waals surface area contributed by atoms with Crippen LogP contribution in [0.3, 0.4) is 0 Å². The molecule has 5 rings (SSSR count). The number of hydrazine groups is 1. The molecule has 0 radical (unpaired) electrons. The number of amides is 3. The first-order valence-corrected chi connectivity index (χ1v) is 12.0. The standard InChI is InChI=1S/C26H22Cl2N2O5/c1-13(23(31)14-5-8-18(35-2)9-6-14)29(24(32)17-7-10-19(27)20(28)12-17)30-25(33)21-15-3-4-16(11-15)22(21)26(30)34/h3-10,12-13,15-16,21-22H,11H2,1-2H3/t13-,15-,16-,21-,22-/m0/s1. The predicted octanol–water partition coefficient (Wildman–Crippen LogP) is 4.44. The molecule has 0 spiro atoms. The van der Waals surface area contributed by atoms with Gasteiger partial charge in [0.05, 0.1) is 29.0 Å². The third-order valence-electron chi connectivity index (χ3n) is 7.16. The van der Waals surface area contributed by atoms with Gasteiger partial charge in [0.2, 0.25) is 0 Å². The molecule has 5 atom stereocenters. The minimum absolute atomic E-state index is 0.0408. The number of allylic oxidation sites excluding steroid dienone is 2. The molecule has 9 heteroatoms. The number of rotatable bonds is 6. The van der Waals surface area contributed by atoms with Crippen LogP contribution in [-0.4, -0.2) is 46.7 Å². The van der Waals surface area contributed by atoms with Crippen molar-refractivity contribution in [1.82, 2.24) is 10.0 Å². The Hall–Kier alpha value is -3.16. The van der Waals surface area contributed by atoms with Gasteiger partial charge < -0.3 is 4.74 Å². The highest BCUT2D eigenvalue weighted by molar-refractivity contribution is 6.42. The molecule has 0 unspecified atom stereocenters. The fraction of sp³-hybridized carbons (Fsp3) is 0.308.